The van der Waals surface area contributed by atoms with Gasteiger partial charge in [0.1, 0.15) is 17.0 Å². The number of para-hydroxylation sites is 1. The molecule has 0 bridgehead atoms. The molecular formula is C24H27ClN4O4. The Balaban J connectivity index is 0.00000306. The van der Waals surface area contributed by atoms with Gasteiger partial charge in [-0.15, -0.1) is 12.4 Å². The number of nitrogens with zero attached hydrogens (tertiary/aromatic N) is 3. The molecule has 0 saturated heterocycles. The molecule has 3 N–H and O–H groups in total. The summed E-state index contributed by atoms with van der Waals surface area (Å²) in [5, 5.41) is 9.87. The van der Waals surface area contributed by atoms with Crippen molar-refractivity contribution in [1.29, 1.82) is 0 Å². The average molecular weight is 471 g/mol. The van der Waals surface area contributed by atoms with E-state index in [4.69, 9.17) is 19.9 Å². The Morgan fingerprint density at radius 1 is 1.21 bits per heavy atom. The number of aliphatic hydroxyl groups is 1. The van der Waals surface area contributed by atoms with E-state index in [1.807, 2.05) is 54.0 Å². The van der Waals surface area contributed by atoms with Crippen LogP contribution < -0.4 is 10.5 Å². The standard InChI is InChI=1S/C24H26N4O4.ClH/c1-3-31-17-10-8-16(9-11-17)24-27-22-18(5-4-6-21(22)32-24)20(12-7-15(2)29)28-13-19(23(25)30)26-14-28;/h4-6,8-11,13-15,20,29H,3,7,12H2,1-2H3,(H2,25,30);1H/t15-,20?;/m0./s1. The molecule has 174 valence electrons. The van der Waals surface area contributed by atoms with Gasteiger partial charge in [-0.1, -0.05) is 12.1 Å². The number of rotatable bonds is 9. The summed E-state index contributed by atoms with van der Waals surface area (Å²) in [6.07, 6.45) is 3.93. The van der Waals surface area contributed by atoms with Gasteiger partial charge in [-0.05, 0) is 57.0 Å². The minimum absolute atomic E-state index is 0. The number of carbonyl (C=O) groups excluding carboxylic acids is 1. The number of benzene rings is 2. The molecule has 0 spiro atoms. The lowest BCUT2D eigenvalue weighted by atomic mass is 9.99. The summed E-state index contributed by atoms with van der Waals surface area (Å²) in [6, 6.07) is 13.2. The van der Waals surface area contributed by atoms with Gasteiger partial charge < -0.3 is 24.6 Å². The molecule has 2 aromatic heterocycles. The van der Waals surface area contributed by atoms with Crippen LogP contribution in [0.2, 0.25) is 0 Å². The lowest BCUT2D eigenvalue weighted by Crippen LogP contribution is -2.14. The second-order valence-corrected chi connectivity index (χ2v) is 7.68. The van der Waals surface area contributed by atoms with E-state index in [-0.39, 0.29) is 24.1 Å². The number of halogens is 1. The van der Waals surface area contributed by atoms with Crippen LogP contribution in [-0.4, -0.2) is 38.3 Å². The first-order chi connectivity index (χ1) is 15.5. The number of oxazole rings is 1. The second-order valence-electron chi connectivity index (χ2n) is 7.68. The SMILES string of the molecule is CCOc1ccc(-c2nc3c(C(CC[C@H](C)O)n4cnc(C(N)=O)c4)cccc3o2)cc1.Cl. The van der Waals surface area contributed by atoms with Crippen molar-refractivity contribution in [3.63, 3.8) is 0 Å². The Labute approximate surface area is 197 Å². The molecular weight excluding hydrogens is 444 g/mol. The summed E-state index contributed by atoms with van der Waals surface area (Å²) in [5.74, 6) is 0.709. The summed E-state index contributed by atoms with van der Waals surface area (Å²) in [5.41, 5.74) is 8.71. The van der Waals surface area contributed by atoms with E-state index in [0.717, 1.165) is 22.4 Å². The van der Waals surface area contributed by atoms with Crippen LogP contribution in [-0.2, 0) is 0 Å². The predicted molar refractivity (Wildman–Crippen MR) is 128 cm³/mol. The fourth-order valence-corrected chi connectivity index (χ4v) is 3.72. The van der Waals surface area contributed by atoms with Crippen molar-refractivity contribution in [3.8, 4) is 17.2 Å². The monoisotopic (exact) mass is 470 g/mol. The number of ether oxygens (including phenoxy) is 1. The smallest absolute Gasteiger partial charge is 0.268 e. The van der Waals surface area contributed by atoms with Crippen molar-refractivity contribution in [2.75, 3.05) is 6.61 Å². The van der Waals surface area contributed by atoms with Crippen molar-refractivity contribution in [2.24, 2.45) is 5.73 Å². The van der Waals surface area contributed by atoms with Crippen LogP contribution in [0.25, 0.3) is 22.6 Å². The minimum atomic E-state index is -0.588. The van der Waals surface area contributed by atoms with E-state index in [1.54, 1.807) is 19.4 Å². The van der Waals surface area contributed by atoms with E-state index < -0.39 is 12.0 Å². The zero-order valence-electron chi connectivity index (χ0n) is 18.5. The molecule has 2 aromatic carbocycles. The van der Waals surface area contributed by atoms with Crippen LogP contribution in [0.4, 0.5) is 0 Å². The zero-order valence-corrected chi connectivity index (χ0v) is 19.3. The highest BCUT2D eigenvalue weighted by molar-refractivity contribution is 5.90. The van der Waals surface area contributed by atoms with Crippen molar-refractivity contribution < 1.29 is 19.1 Å². The summed E-state index contributed by atoms with van der Waals surface area (Å²) in [4.78, 5) is 20.4. The van der Waals surface area contributed by atoms with E-state index >= 15 is 0 Å². The van der Waals surface area contributed by atoms with E-state index in [9.17, 15) is 9.90 Å². The molecule has 0 saturated carbocycles. The van der Waals surface area contributed by atoms with Crippen molar-refractivity contribution >= 4 is 29.4 Å². The number of imidazole rings is 1. The molecule has 0 aliphatic carbocycles. The number of amides is 1. The number of carbonyl (C=O) groups is 1. The Morgan fingerprint density at radius 3 is 2.61 bits per heavy atom. The maximum atomic E-state index is 11.5. The van der Waals surface area contributed by atoms with Crippen LogP contribution >= 0.6 is 12.4 Å². The van der Waals surface area contributed by atoms with Crippen molar-refractivity contribution in [2.45, 2.75) is 38.8 Å². The molecule has 2 atom stereocenters. The molecule has 33 heavy (non-hydrogen) atoms. The summed E-state index contributed by atoms with van der Waals surface area (Å²) >= 11 is 0. The Kier molecular flexibility index (Phi) is 7.73. The van der Waals surface area contributed by atoms with Gasteiger partial charge in [0.2, 0.25) is 5.89 Å². The van der Waals surface area contributed by atoms with Gasteiger partial charge in [0.25, 0.3) is 5.91 Å². The number of aliphatic hydroxyl groups excluding tert-OH is 1. The molecule has 4 rings (SSSR count). The normalized spacial score (nSPS) is 12.8. The number of fused-ring (bicyclic) bond motifs is 1. The van der Waals surface area contributed by atoms with Crippen LogP contribution in [0, 0.1) is 0 Å². The largest absolute Gasteiger partial charge is 0.494 e. The Morgan fingerprint density at radius 2 is 1.97 bits per heavy atom. The predicted octanol–water partition coefficient (Wildman–Crippen LogP) is 4.36. The molecule has 9 heteroatoms. The topological polar surface area (TPSA) is 116 Å². The molecule has 0 aliphatic rings. The number of aromatic nitrogens is 3. The molecule has 1 amide bonds. The third-order valence-electron chi connectivity index (χ3n) is 5.29. The van der Waals surface area contributed by atoms with Crippen LogP contribution in [0.3, 0.4) is 0 Å². The van der Waals surface area contributed by atoms with Gasteiger partial charge in [-0.3, -0.25) is 4.79 Å². The first-order valence-corrected chi connectivity index (χ1v) is 10.6. The maximum absolute atomic E-state index is 11.5. The fourth-order valence-electron chi connectivity index (χ4n) is 3.72. The second kappa shape index (κ2) is 10.5. The van der Waals surface area contributed by atoms with Gasteiger partial charge in [0.05, 0.1) is 25.1 Å². The van der Waals surface area contributed by atoms with E-state index in [0.29, 0.717) is 30.9 Å². The number of primary amides is 1. The maximum Gasteiger partial charge on any atom is 0.268 e. The van der Waals surface area contributed by atoms with Gasteiger partial charge in [0.15, 0.2) is 5.58 Å². The van der Waals surface area contributed by atoms with Gasteiger partial charge in [-0.25, -0.2) is 9.97 Å². The third-order valence-corrected chi connectivity index (χ3v) is 5.29. The minimum Gasteiger partial charge on any atom is -0.494 e. The summed E-state index contributed by atoms with van der Waals surface area (Å²) in [6.45, 7) is 4.29. The number of hydrogen-bond acceptors (Lipinski definition) is 6. The third kappa shape index (κ3) is 5.35. The lowest BCUT2D eigenvalue weighted by molar-refractivity contribution is 0.0996. The van der Waals surface area contributed by atoms with Crippen LogP contribution in [0.15, 0.2) is 59.4 Å². The van der Waals surface area contributed by atoms with Crippen molar-refractivity contribution in [3.05, 3.63) is 66.2 Å². The highest BCUT2D eigenvalue weighted by Crippen LogP contribution is 2.33. The molecule has 0 radical (unpaired) electrons. The molecule has 8 nitrogen and oxygen atoms in total. The quantitative estimate of drug-likeness (QED) is 0.375. The highest BCUT2D eigenvalue weighted by Gasteiger charge is 2.22. The average Bonchev–Trinajstić information content (AvgIpc) is 3.42. The van der Waals surface area contributed by atoms with Crippen LogP contribution in [0.1, 0.15) is 48.8 Å². The van der Waals surface area contributed by atoms with Crippen LogP contribution in [0.5, 0.6) is 5.75 Å². The summed E-state index contributed by atoms with van der Waals surface area (Å²) < 4.78 is 13.4. The number of nitrogens with two attached hydrogens (primary N) is 1. The van der Waals surface area contributed by atoms with Crippen molar-refractivity contribution in [1.82, 2.24) is 14.5 Å². The molecule has 0 fully saturated rings. The Bertz CT molecular complexity index is 1220. The lowest BCUT2D eigenvalue weighted by Gasteiger charge is -2.20. The molecule has 2 heterocycles. The number of hydrogen-bond donors (Lipinski definition) is 2. The molecule has 1 unspecified atom stereocenters. The van der Waals surface area contributed by atoms with E-state index in [1.165, 1.54) is 0 Å². The van der Waals surface area contributed by atoms with Gasteiger partial charge in [-0.2, -0.15) is 0 Å². The van der Waals surface area contributed by atoms with E-state index in [2.05, 4.69) is 4.98 Å². The Hall–Kier alpha value is -3.36. The first kappa shape index (κ1) is 24.3. The van der Waals surface area contributed by atoms with Gasteiger partial charge >= 0.3 is 0 Å². The first-order valence-electron chi connectivity index (χ1n) is 10.6. The zero-order chi connectivity index (χ0) is 22.7. The van der Waals surface area contributed by atoms with Gasteiger partial charge in [0, 0.05) is 17.3 Å². The summed E-state index contributed by atoms with van der Waals surface area (Å²) in [7, 11) is 0. The molecule has 4 aromatic rings. The fraction of sp³-hybridized carbons (Fsp3) is 0.292. The molecule has 0 aliphatic heterocycles. The highest BCUT2D eigenvalue weighted by atomic mass is 35.5.